The molecule has 0 aromatic carbocycles. The predicted octanol–water partition coefficient (Wildman–Crippen LogP) is -0.299. The molecule has 0 aromatic heterocycles. The lowest BCUT2D eigenvalue weighted by molar-refractivity contribution is 0.00243. The molecule has 0 atom stereocenters. The van der Waals surface area contributed by atoms with Crippen LogP contribution in [0.15, 0.2) is 0 Å². The molecule has 0 aromatic rings. The first-order chi connectivity index (χ1) is 4.50. The van der Waals surface area contributed by atoms with E-state index in [0.29, 0.717) is 0 Å². The maximum absolute atomic E-state index is 4.93. The highest BCUT2D eigenvalue weighted by molar-refractivity contribution is 4.43. The Balaban J connectivity index is 2.02. The van der Waals surface area contributed by atoms with Gasteiger partial charge in [-0.15, -0.1) is 5.59 Å². The summed E-state index contributed by atoms with van der Waals surface area (Å²) >= 11 is 0. The predicted molar refractivity (Wildman–Crippen MR) is 34.1 cm³/mol. The maximum Gasteiger partial charge on any atom is 0.0699 e. The molecule has 0 saturated carbocycles. The molecule has 1 aliphatic rings. The molecule has 0 bridgehead atoms. The minimum atomic E-state index is 0.786. The molecular weight excluding hydrogens is 118 g/mol. The van der Waals surface area contributed by atoms with Crippen LogP contribution in [0.2, 0.25) is 0 Å². The van der Waals surface area contributed by atoms with Crippen molar-refractivity contribution in [2.75, 3.05) is 13.2 Å². The van der Waals surface area contributed by atoms with Crippen molar-refractivity contribution in [3.05, 3.63) is 0 Å². The second kappa shape index (κ2) is 4.69. The van der Waals surface area contributed by atoms with E-state index in [1.807, 2.05) is 0 Å². The highest BCUT2D eigenvalue weighted by Gasteiger charge is 1.92. The summed E-state index contributed by atoms with van der Waals surface area (Å²) in [5.74, 6) is 0. The molecule has 0 amide bonds. The summed E-state index contributed by atoms with van der Waals surface area (Å²) in [6, 6.07) is 0. The fourth-order valence-corrected chi connectivity index (χ4v) is 0.750. The average molecular weight is 131 g/mol. The Labute approximate surface area is 54.9 Å². The third-order valence-electron chi connectivity index (χ3n) is 1.26. The monoisotopic (exact) mass is 131 g/mol. The third kappa shape index (κ3) is 3.42. The summed E-state index contributed by atoms with van der Waals surface area (Å²) in [5.41, 5.74) is 8.21. The Morgan fingerprint density at radius 3 is 3.11 bits per heavy atom. The van der Waals surface area contributed by atoms with E-state index in [1.54, 1.807) is 0 Å². The van der Waals surface area contributed by atoms with Gasteiger partial charge in [0.15, 0.2) is 0 Å². The molecule has 9 heavy (non-hydrogen) atoms. The lowest BCUT2D eigenvalue weighted by Gasteiger charge is -2.03. The smallest absolute Gasteiger partial charge is 0.0699 e. The molecule has 54 valence electrons. The normalized spacial score (nSPS) is 24.0. The molecule has 4 heteroatoms. The first-order valence-corrected chi connectivity index (χ1v) is 3.35. The molecule has 1 saturated heterocycles. The van der Waals surface area contributed by atoms with E-state index < -0.39 is 0 Å². The third-order valence-corrected chi connectivity index (χ3v) is 1.26. The zero-order valence-corrected chi connectivity index (χ0v) is 5.44. The minimum Gasteiger partial charge on any atom is -0.286 e. The summed E-state index contributed by atoms with van der Waals surface area (Å²) in [6.45, 7) is 1.78. The van der Waals surface area contributed by atoms with Crippen LogP contribution < -0.4 is 16.5 Å². The summed E-state index contributed by atoms with van der Waals surface area (Å²) in [6.07, 6.45) is 3.57. The van der Waals surface area contributed by atoms with Crippen LogP contribution in [0.4, 0.5) is 0 Å². The number of hydrogen-bond acceptors (Lipinski definition) is 4. The van der Waals surface area contributed by atoms with Gasteiger partial charge >= 0.3 is 0 Å². The van der Waals surface area contributed by atoms with Gasteiger partial charge in [-0.05, 0) is 19.3 Å². The Hall–Kier alpha value is -0.160. The first-order valence-electron chi connectivity index (χ1n) is 3.35. The van der Waals surface area contributed by atoms with Gasteiger partial charge in [0.05, 0.1) is 6.61 Å². The molecule has 0 radical (unpaired) electrons. The van der Waals surface area contributed by atoms with E-state index in [-0.39, 0.29) is 0 Å². The second-order valence-corrected chi connectivity index (χ2v) is 2.06. The van der Waals surface area contributed by atoms with E-state index in [0.717, 1.165) is 19.6 Å². The van der Waals surface area contributed by atoms with Gasteiger partial charge in [0.2, 0.25) is 0 Å². The number of rotatable bonds is 0. The van der Waals surface area contributed by atoms with Gasteiger partial charge in [-0.1, -0.05) is 0 Å². The number of hydrogen-bond donors (Lipinski definition) is 3. The van der Waals surface area contributed by atoms with Crippen LogP contribution in [-0.4, -0.2) is 13.2 Å². The molecule has 1 heterocycles. The Bertz CT molecular complexity index is 40.7. The quantitative estimate of drug-likeness (QED) is 0.422. The van der Waals surface area contributed by atoms with Crippen LogP contribution in [-0.2, 0) is 4.84 Å². The molecule has 3 N–H and O–H groups in total. The molecule has 0 aliphatic carbocycles. The molecule has 1 fully saturated rings. The molecule has 4 nitrogen and oxygen atoms in total. The highest BCUT2D eigenvalue weighted by Crippen LogP contribution is 1.93. The summed E-state index contributed by atoms with van der Waals surface area (Å²) in [7, 11) is 0. The number of hydrazine groups is 2. The lowest BCUT2D eigenvalue weighted by atomic mass is 10.2. The van der Waals surface area contributed by atoms with Crippen LogP contribution in [0.25, 0.3) is 0 Å². The molecular formula is C5H13N3O. The first kappa shape index (κ1) is 6.95. The van der Waals surface area contributed by atoms with Gasteiger partial charge in [0.25, 0.3) is 0 Å². The van der Waals surface area contributed by atoms with Crippen molar-refractivity contribution in [2.45, 2.75) is 19.3 Å². The fourth-order valence-electron chi connectivity index (χ4n) is 0.750. The van der Waals surface area contributed by atoms with Crippen LogP contribution in [0.3, 0.4) is 0 Å². The van der Waals surface area contributed by atoms with Crippen molar-refractivity contribution in [1.29, 1.82) is 0 Å². The SMILES string of the molecule is C1CCNNNOCC1. The van der Waals surface area contributed by atoms with Crippen molar-refractivity contribution in [3.63, 3.8) is 0 Å². The van der Waals surface area contributed by atoms with Gasteiger partial charge in [-0.3, -0.25) is 4.84 Å². The molecule has 0 spiro atoms. The standard InChI is InChI=1S/C5H13N3O/c1-2-4-6-7-8-9-5-3-1/h6-8H,1-5H2. The van der Waals surface area contributed by atoms with Gasteiger partial charge < -0.3 is 0 Å². The summed E-state index contributed by atoms with van der Waals surface area (Å²) < 4.78 is 0. The van der Waals surface area contributed by atoms with Gasteiger partial charge in [0.1, 0.15) is 0 Å². The minimum absolute atomic E-state index is 0.786. The van der Waals surface area contributed by atoms with Crippen LogP contribution >= 0.6 is 0 Å². The van der Waals surface area contributed by atoms with E-state index in [1.165, 1.54) is 12.8 Å². The lowest BCUT2D eigenvalue weighted by Crippen LogP contribution is -2.43. The fraction of sp³-hybridized carbons (Fsp3) is 1.00. The molecule has 1 aliphatic heterocycles. The molecule has 0 unspecified atom stereocenters. The Kier molecular flexibility index (Phi) is 3.63. The van der Waals surface area contributed by atoms with E-state index in [4.69, 9.17) is 4.84 Å². The number of nitrogens with one attached hydrogen (secondary N) is 3. The van der Waals surface area contributed by atoms with E-state index in [9.17, 15) is 0 Å². The van der Waals surface area contributed by atoms with Gasteiger partial charge in [0, 0.05) is 6.54 Å². The van der Waals surface area contributed by atoms with E-state index >= 15 is 0 Å². The van der Waals surface area contributed by atoms with Crippen LogP contribution in [0, 0.1) is 0 Å². The topological polar surface area (TPSA) is 45.3 Å². The van der Waals surface area contributed by atoms with Crippen molar-refractivity contribution in [2.24, 2.45) is 0 Å². The Morgan fingerprint density at radius 1 is 1.11 bits per heavy atom. The van der Waals surface area contributed by atoms with Gasteiger partial charge in [-0.25, -0.2) is 5.43 Å². The zero-order chi connectivity index (χ0) is 6.36. The average Bonchev–Trinajstić information content (AvgIpc) is 2.00. The van der Waals surface area contributed by atoms with Crippen LogP contribution in [0.5, 0.6) is 0 Å². The molecule has 1 rings (SSSR count). The summed E-state index contributed by atoms with van der Waals surface area (Å²) in [5, 5.41) is 0. The maximum atomic E-state index is 4.93. The van der Waals surface area contributed by atoms with Crippen molar-refractivity contribution in [3.8, 4) is 0 Å². The van der Waals surface area contributed by atoms with E-state index in [2.05, 4.69) is 16.5 Å². The van der Waals surface area contributed by atoms with Crippen molar-refractivity contribution in [1.82, 2.24) is 16.5 Å². The zero-order valence-electron chi connectivity index (χ0n) is 5.44. The van der Waals surface area contributed by atoms with Gasteiger partial charge in [-0.2, -0.15) is 5.53 Å². The summed E-state index contributed by atoms with van der Waals surface area (Å²) in [4.78, 5) is 4.93. The highest BCUT2D eigenvalue weighted by atomic mass is 16.7. The van der Waals surface area contributed by atoms with Crippen molar-refractivity contribution >= 4 is 0 Å². The second-order valence-electron chi connectivity index (χ2n) is 2.06. The van der Waals surface area contributed by atoms with Crippen LogP contribution in [0.1, 0.15) is 19.3 Å². The largest absolute Gasteiger partial charge is 0.286 e. The Morgan fingerprint density at radius 2 is 2.11 bits per heavy atom. The van der Waals surface area contributed by atoms with Crippen molar-refractivity contribution < 1.29 is 4.84 Å².